The molecule has 0 saturated heterocycles. The summed E-state index contributed by atoms with van der Waals surface area (Å²) in [5, 5.41) is 0. The second-order valence-electron chi connectivity index (χ2n) is 5.02. The molecule has 2 heteroatoms. The second kappa shape index (κ2) is 5.13. The predicted molar refractivity (Wildman–Crippen MR) is 58.0 cm³/mol. The Morgan fingerprint density at radius 1 is 1.14 bits per heavy atom. The van der Waals surface area contributed by atoms with Crippen LogP contribution in [0.1, 0.15) is 38.5 Å². The van der Waals surface area contributed by atoms with Crippen molar-refractivity contribution < 1.29 is 4.74 Å². The molecule has 2 aliphatic rings. The molecule has 0 bridgehead atoms. The van der Waals surface area contributed by atoms with Crippen LogP contribution in [0.5, 0.6) is 0 Å². The van der Waals surface area contributed by atoms with Gasteiger partial charge in [-0.3, -0.25) is 0 Å². The van der Waals surface area contributed by atoms with Crippen molar-refractivity contribution in [3.63, 3.8) is 0 Å². The Morgan fingerprint density at radius 2 is 1.86 bits per heavy atom. The molecule has 2 rings (SSSR count). The molecule has 2 saturated carbocycles. The molecule has 0 aliphatic heterocycles. The summed E-state index contributed by atoms with van der Waals surface area (Å²) in [6.45, 7) is 2.72. The van der Waals surface area contributed by atoms with E-state index < -0.39 is 0 Å². The van der Waals surface area contributed by atoms with Gasteiger partial charge in [0.05, 0.1) is 6.61 Å². The van der Waals surface area contributed by atoms with E-state index in [1.165, 1.54) is 38.5 Å². The fourth-order valence-electron chi connectivity index (χ4n) is 2.50. The molecule has 0 spiro atoms. The lowest BCUT2D eigenvalue weighted by molar-refractivity contribution is 0.0737. The van der Waals surface area contributed by atoms with Crippen LogP contribution in [-0.2, 0) is 4.74 Å². The molecule has 2 N–H and O–H groups in total. The molecule has 0 radical (unpaired) electrons. The molecule has 0 aromatic rings. The van der Waals surface area contributed by atoms with Gasteiger partial charge in [-0.1, -0.05) is 25.7 Å². The van der Waals surface area contributed by atoms with E-state index in [2.05, 4.69) is 0 Å². The highest BCUT2D eigenvalue weighted by Gasteiger charge is 2.26. The van der Waals surface area contributed by atoms with E-state index in [-0.39, 0.29) is 0 Å². The lowest BCUT2D eigenvalue weighted by Gasteiger charge is -2.21. The molecule has 82 valence electrons. The summed E-state index contributed by atoms with van der Waals surface area (Å²) in [7, 11) is 0. The van der Waals surface area contributed by atoms with Crippen LogP contribution in [0.15, 0.2) is 0 Å². The SMILES string of the molecule is NCC(COCC1CC1)C1CCCC1. The minimum Gasteiger partial charge on any atom is -0.381 e. The van der Waals surface area contributed by atoms with Gasteiger partial charge in [0.2, 0.25) is 0 Å². The van der Waals surface area contributed by atoms with E-state index in [4.69, 9.17) is 10.5 Å². The van der Waals surface area contributed by atoms with E-state index in [0.29, 0.717) is 5.92 Å². The highest BCUT2D eigenvalue weighted by Crippen LogP contribution is 2.32. The van der Waals surface area contributed by atoms with Gasteiger partial charge in [-0.25, -0.2) is 0 Å². The third kappa shape index (κ3) is 2.96. The van der Waals surface area contributed by atoms with E-state index >= 15 is 0 Å². The first kappa shape index (κ1) is 10.4. The largest absolute Gasteiger partial charge is 0.381 e. The Kier molecular flexibility index (Phi) is 3.82. The lowest BCUT2D eigenvalue weighted by Crippen LogP contribution is -2.26. The van der Waals surface area contributed by atoms with Crippen LogP contribution < -0.4 is 5.73 Å². The van der Waals surface area contributed by atoms with Gasteiger partial charge in [0.25, 0.3) is 0 Å². The third-order valence-corrected chi connectivity index (χ3v) is 3.75. The lowest BCUT2D eigenvalue weighted by atomic mass is 9.92. The average Bonchev–Trinajstić information content (AvgIpc) is 2.86. The maximum Gasteiger partial charge on any atom is 0.0509 e. The molecule has 1 atom stereocenters. The zero-order valence-electron chi connectivity index (χ0n) is 9.08. The summed E-state index contributed by atoms with van der Waals surface area (Å²) in [5.74, 6) is 2.38. The van der Waals surface area contributed by atoms with Crippen molar-refractivity contribution in [3.05, 3.63) is 0 Å². The van der Waals surface area contributed by atoms with Gasteiger partial charge in [0, 0.05) is 6.61 Å². The van der Waals surface area contributed by atoms with Crippen LogP contribution >= 0.6 is 0 Å². The normalized spacial score (nSPS) is 25.5. The fourth-order valence-corrected chi connectivity index (χ4v) is 2.50. The van der Waals surface area contributed by atoms with Crippen molar-refractivity contribution >= 4 is 0 Å². The second-order valence-corrected chi connectivity index (χ2v) is 5.02. The Hall–Kier alpha value is -0.0800. The first-order valence-electron chi connectivity index (χ1n) is 6.18. The fraction of sp³-hybridized carbons (Fsp3) is 1.00. The summed E-state index contributed by atoms with van der Waals surface area (Å²) in [4.78, 5) is 0. The molecule has 2 nitrogen and oxygen atoms in total. The smallest absolute Gasteiger partial charge is 0.0509 e. The Labute approximate surface area is 87.2 Å². The first-order chi connectivity index (χ1) is 6.90. The molecule has 1 unspecified atom stereocenters. The monoisotopic (exact) mass is 197 g/mol. The summed E-state index contributed by atoms with van der Waals surface area (Å²) in [5.41, 5.74) is 5.81. The molecular weight excluding hydrogens is 174 g/mol. The number of nitrogens with two attached hydrogens (primary N) is 1. The van der Waals surface area contributed by atoms with Crippen molar-refractivity contribution in [1.29, 1.82) is 0 Å². The van der Waals surface area contributed by atoms with Crippen LogP contribution in [0.25, 0.3) is 0 Å². The molecule has 0 aromatic heterocycles. The Morgan fingerprint density at radius 3 is 2.43 bits per heavy atom. The molecule has 0 aromatic carbocycles. The number of hydrogen-bond acceptors (Lipinski definition) is 2. The average molecular weight is 197 g/mol. The van der Waals surface area contributed by atoms with Gasteiger partial charge in [-0.05, 0) is 37.1 Å². The minimum atomic E-state index is 0.635. The summed E-state index contributed by atoms with van der Waals surface area (Å²) >= 11 is 0. The molecule has 14 heavy (non-hydrogen) atoms. The van der Waals surface area contributed by atoms with E-state index in [1.54, 1.807) is 0 Å². The van der Waals surface area contributed by atoms with Gasteiger partial charge in [-0.15, -0.1) is 0 Å². The standard InChI is InChI=1S/C12H23NO/c13-7-12(11-3-1-2-4-11)9-14-8-10-5-6-10/h10-12H,1-9,13H2. The van der Waals surface area contributed by atoms with Crippen LogP contribution in [0.3, 0.4) is 0 Å². The topological polar surface area (TPSA) is 35.2 Å². The molecule has 0 heterocycles. The van der Waals surface area contributed by atoms with Crippen LogP contribution in [0.2, 0.25) is 0 Å². The van der Waals surface area contributed by atoms with Gasteiger partial charge in [-0.2, -0.15) is 0 Å². The maximum absolute atomic E-state index is 5.81. The summed E-state index contributed by atoms with van der Waals surface area (Å²) < 4.78 is 5.74. The number of rotatable bonds is 6. The summed E-state index contributed by atoms with van der Waals surface area (Å²) in [6, 6.07) is 0. The van der Waals surface area contributed by atoms with E-state index in [1.807, 2.05) is 0 Å². The van der Waals surface area contributed by atoms with Gasteiger partial charge < -0.3 is 10.5 Å². The highest BCUT2D eigenvalue weighted by atomic mass is 16.5. The number of hydrogen-bond donors (Lipinski definition) is 1. The van der Waals surface area contributed by atoms with Crippen molar-refractivity contribution in [2.45, 2.75) is 38.5 Å². The minimum absolute atomic E-state index is 0.635. The zero-order valence-corrected chi connectivity index (χ0v) is 9.08. The van der Waals surface area contributed by atoms with Gasteiger partial charge >= 0.3 is 0 Å². The van der Waals surface area contributed by atoms with Gasteiger partial charge in [0.15, 0.2) is 0 Å². The highest BCUT2D eigenvalue weighted by molar-refractivity contribution is 4.77. The summed E-state index contributed by atoms with van der Waals surface area (Å²) in [6.07, 6.45) is 8.35. The predicted octanol–water partition coefficient (Wildman–Crippen LogP) is 2.18. The molecular formula is C12H23NO. The van der Waals surface area contributed by atoms with Crippen molar-refractivity contribution in [1.82, 2.24) is 0 Å². The van der Waals surface area contributed by atoms with Crippen molar-refractivity contribution in [2.75, 3.05) is 19.8 Å². The van der Waals surface area contributed by atoms with Crippen molar-refractivity contribution in [2.24, 2.45) is 23.5 Å². The third-order valence-electron chi connectivity index (χ3n) is 3.75. The molecule has 2 fully saturated rings. The zero-order chi connectivity index (χ0) is 9.80. The van der Waals surface area contributed by atoms with Crippen LogP contribution in [-0.4, -0.2) is 19.8 Å². The van der Waals surface area contributed by atoms with E-state index in [9.17, 15) is 0 Å². The Balaban J connectivity index is 1.63. The maximum atomic E-state index is 5.81. The van der Waals surface area contributed by atoms with Crippen LogP contribution in [0.4, 0.5) is 0 Å². The number of ether oxygens (including phenoxy) is 1. The molecule has 0 amide bonds. The quantitative estimate of drug-likeness (QED) is 0.708. The Bertz CT molecular complexity index is 162. The molecule has 2 aliphatic carbocycles. The van der Waals surface area contributed by atoms with Crippen molar-refractivity contribution in [3.8, 4) is 0 Å². The van der Waals surface area contributed by atoms with Gasteiger partial charge in [0.1, 0.15) is 0 Å². The first-order valence-corrected chi connectivity index (χ1v) is 6.18. The van der Waals surface area contributed by atoms with Crippen LogP contribution in [0, 0.1) is 17.8 Å². The van der Waals surface area contributed by atoms with E-state index in [0.717, 1.165) is 31.6 Å².